The summed E-state index contributed by atoms with van der Waals surface area (Å²) in [7, 11) is 0. The lowest BCUT2D eigenvalue weighted by atomic mass is 10.1. The Balaban J connectivity index is 2.04. The first kappa shape index (κ1) is 15.1. The molecule has 2 rings (SSSR count). The Labute approximate surface area is 120 Å². The van der Waals surface area contributed by atoms with Gasteiger partial charge in [0, 0.05) is 11.6 Å². The highest BCUT2D eigenvalue weighted by Gasteiger charge is 2.15. The van der Waals surface area contributed by atoms with Crippen LogP contribution < -0.4 is 5.32 Å². The summed E-state index contributed by atoms with van der Waals surface area (Å²) in [4.78, 5) is 11.9. The minimum Gasteiger partial charge on any atom is -0.349 e. The first-order valence-electron chi connectivity index (χ1n) is 6.45. The third-order valence-electron chi connectivity index (χ3n) is 3.12. The highest BCUT2D eigenvalue weighted by molar-refractivity contribution is 5.79. The third-order valence-corrected chi connectivity index (χ3v) is 3.12. The van der Waals surface area contributed by atoms with Gasteiger partial charge >= 0.3 is 0 Å². The van der Waals surface area contributed by atoms with E-state index in [4.69, 9.17) is 0 Å². The Morgan fingerprint density at radius 3 is 2.48 bits per heavy atom. The molecule has 110 valence electrons. The molecule has 0 heterocycles. The van der Waals surface area contributed by atoms with Crippen molar-refractivity contribution >= 4 is 5.91 Å². The summed E-state index contributed by atoms with van der Waals surface area (Å²) >= 11 is 0. The maximum atomic E-state index is 13.6. The Kier molecular flexibility index (Phi) is 4.62. The molecule has 0 aliphatic heterocycles. The van der Waals surface area contributed by atoms with Gasteiger partial charge in [-0.1, -0.05) is 24.3 Å². The standard InChI is InChI=1S/C16H14F3NO/c1-10(13-7-6-12(17)9-15(13)19)20-16(21)8-11-4-2-3-5-14(11)18/h2-7,9-10H,8H2,1H3,(H,20,21)/t10-/m0/s1. The van der Waals surface area contributed by atoms with E-state index < -0.39 is 29.4 Å². The largest absolute Gasteiger partial charge is 0.349 e. The molecule has 2 aromatic rings. The molecule has 0 radical (unpaired) electrons. The maximum absolute atomic E-state index is 13.6. The molecule has 0 spiro atoms. The van der Waals surface area contributed by atoms with Crippen LogP contribution in [0.3, 0.4) is 0 Å². The van der Waals surface area contributed by atoms with Crippen LogP contribution >= 0.6 is 0 Å². The molecular weight excluding hydrogens is 279 g/mol. The molecule has 1 amide bonds. The van der Waals surface area contributed by atoms with Crippen molar-refractivity contribution < 1.29 is 18.0 Å². The van der Waals surface area contributed by atoms with Crippen molar-refractivity contribution in [3.63, 3.8) is 0 Å². The Morgan fingerprint density at radius 1 is 1.10 bits per heavy atom. The summed E-state index contributed by atoms with van der Waals surface area (Å²) in [5, 5.41) is 2.56. The van der Waals surface area contributed by atoms with E-state index >= 15 is 0 Å². The summed E-state index contributed by atoms with van der Waals surface area (Å²) in [6, 6.07) is 8.47. The van der Waals surface area contributed by atoms with E-state index in [0.717, 1.165) is 12.1 Å². The summed E-state index contributed by atoms with van der Waals surface area (Å²) < 4.78 is 39.9. The van der Waals surface area contributed by atoms with Gasteiger partial charge in [-0.2, -0.15) is 0 Å². The molecular formula is C16H14F3NO. The first-order chi connectivity index (χ1) is 9.97. The van der Waals surface area contributed by atoms with Crippen molar-refractivity contribution in [2.45, 2.75) is 19.4 Å². The fourth-order valence-corrected chi connectivity index (χ4v) is 2.04. The molecule has 0 fully saturated rings. The van der Waals surface area contributed by atoms with E-state index in [1.165, 1.54) is 24.3 Å². The zero-order chi connectivity index (χ0) is 15.4. The molecule has 0 aliphatic rings. The predicted molar refractivity (Wildman–Crippen MR) is 73.0 cm³/mol. The van der Waals surface area contributed by atoms with Crippen molar-refractivity contribution in [3.8, 4) is 0 Å². The van der Waals surface area contributed by atoms with Crippen molar-refractivity contribution in [1.82, 2.24) is 5.32 Å². The number of nitrogens with one attached hydrogen (secondary N) is 1. The lowest BCUT2D eigenvalue weighted by Gasteiger charge is -2.15. The highest BCUT2D eigenvalue weighted by Crippen LogP contribution is 2.18. The Morgan fingerprint density at radius 2 is 1.81 bits per heavy atom. The van der Waals surface area contributed by atoms with E-state index in [-0.39, 0.29) is 17.5 Å². The number of carbonyl (C=O) groups is 1. The van der Waals surface area contributed by atoms with Gasteiger partial charge in [0.15, 0.2) is 0 Å². The van der Waals surface area contributed by atoms with Crippen molar-refractivity contribution in [2.24, 2.45) is 0 Å². The fourth-order valence-electron chi connectivity index (χ4n) is 2.04. The number of hydrogen-bond donors (Lipinski definition) is 1. The molecule has 0 saturated heterocycles. The summed E-state index contributed by atoms with van der Waals surface area (Å²) in [6.07, 6.45) is -0.139. The molecule has 21 heavy (non-hydrogen) atoms. The second kappa shape index (κ2) is 6.43. The SMILES string of the molecule is C[C@H](NC(=O)Cc1ccccc1F)c1ccc(F)cc1F. The van der Waals surface area contributed by atoms with Crippen LogP contribution in [-0.4, -0.2) is 5.91 Å². The molecule has 0 unspecified atom stereocenters. The monoisotopic (exact) mass is 293 g/mol. The van der Waals surface area contributed by atoms with E-state index in [1.54, 1.807) is 13.0 Å². The van der Waals surface area contributed by atoms with Crippen molar-refractivity contribution in [1.29, 1.82) is 0 Å². The van der Waals surface area contributed by atoms with Gasteiger partial charge in [0.25, 0.3) is 0 Å². The van der Waals surface area contributed by atoms with Crippen LogP contribution in [0.1, 0.15) is 24.1 Å². The normalized spacial score (nSPS) is 12.0. The second-order valence-electron chi connectivity index (χ2n) is 4.72. The second-order valence-corrected chi connectivity index (χ2v) is 4.72. The molecule has 2 nitrogen and oxygen atoms in total. The number of benzene rings is 2. The van der Waals surface area contributed by atoms with Crippen molar-refractivity contribution in [2.75, 3.05) is 0 Å². The minimum atomic E-state index is -0.728. The number of amides is 1. The van der Waals surface area contributed by atoms with Gasteiger partial charge in [-0.15, -0.1) is 0 Å². The summed E-state index contributed by atoms with van der Waals surface area (Å²) in [6.45, 7) is 1.58. The van der Waals surface area contributed by atoms with Gasteiger partial charge in [-0.25, -0.2) is 13.2 Å². The van der Waals surface area contributed by atoms with Crippen molar-refractivity contribution in [3.05, 3.63) is 71.0 Å². The van der Waals surface area contributed by atoms with Gasteiger partial charge in [-0.05, 0) is 24.6 Å². The van der Waals surface area contributed by atoms with Crippen LogP contribution in [0.4, 0.5) is 13.2 Å². The number of carbonyl (C=O) groups excluding carboxylic acids is 1. The van der Waals surface area contributed by atoms with E-state index in [1.807, 2.05) is 0 Å². The zero-order valence-electron chi connectivity index (χ0n) is 11.4. The molecule has 0 saturated carbocycles. The number of hydrogen-bond acceptors (Lipinski definition) is 1. The average molecular weight is 293 g/mol. The van der Waals surface area contributed by atoms with Crippen LogP contribution in [0.5, 0.6) is 0 Å². The van der Waals surface area contributed by atoms with E-state index in [2.05, 4.69) is 5.32 Å². The van der Waals surface area contributed by atoms with Gasteiger partial charge in [0.1, 0.15) is 17.5 Å². The Hall–Kier alpha value is -2.30. The number of rotatable bonds is 4. The fraction of sp³-hybridized carbons (Fsp3) is 0.188. The lowest BCUT2D eigenvalue weighted by molar-refractivity contribution is -0.121. The molecule has 1 atom stereocenters. The molecule has 0 aliphatic carbocycles. The van der Waals surface area contributed by atoms with Crippen LogP contribution in [0, 0.1) is 17.5 Å². The van der Waals surface area contributed by atoms with Gasteiger partial charge in [0.05, 0.1) is 12.5 Å². The molecule has 0 bridgehead atoms. The van der Waals surface area contributed by atoms with Gasteiger partial charge in [0.2, 0.25) is 5.91 Å². The van der Waals surface area contributed by atoms with Crippen LogP contribution in [0.25, 0.3) is 0 Å². The molecule has 5 heteroatoms. The van der Waals surface area contributed by atoms with Crippen LogP contribution in [0.15, 0.2) is 42.5 Å². The van der Waals surface area contributed by atoms with E-state index in [9.17, 15) is 18.0 Å². The number of halogens is 3. The minimum absolute atomic E-state index is 0.139. The summed E-state index contributed by atoms with van der Waals surface area (Å²) in [5.74, 6) is -2.31. The highest BCUT2D eigenvalue weighted by atomic mass is 19.1. The lowest BCUT2D eigenvalue weighted by Crippen LogP contribution is -2.29. The molecule has 2 aromatic carbocycles. The first-order valence-corrected chi connectivity index (χ1v) is 6.45. The predicted octanol–water partition coefficient (Wildman–Crippen LogP) is 3.52. The summed E-state index contributed by atoms with van der Waals surface area (Å²) in [5.41, 5.74) is 0.445. The Bertz CT molecular complexity index is 658. The molecule has 0 aromatic heterocycles. The van der Waals surface area contributed by atoms with E-state index in [0.29, 0.717) is 0 Å². The average Bonchev–Trinajstić information content (AvgIpc) is 2.41. The molecule has 1 N–H and O–H groups in total. The van der Waals surface area contributed by atoms with Crippen LogP contribution in [-0.2, 0) is 11.2 Å². The van der Waals surface area contributed by atoms with Gasteiger partial charge in [-0.3, -0.25) is 4.79 Å². The topological polar surface area (TPSA) is 29.1 Å². The third kappa shape index (κ3) is 3.84. The van der Waals surface area contributed by atoms with Gasteiger partial charge < -0.3 is 5.32 Å². The quantitative estimate of drug-likeness (QED) is 0.918. The zero-order valence-corrected chi connectivity index (χ0v) is 11.4. The smallest absolute Gasteiger partial charge is 0.225 e. The maximum Gasteiger partial charge on any atom is 0.225 e. The van der Waals surface area contributed by atoms with Crippen LogP contribution in [0.2, 0.25) is 0 Å².